The molecule has 3 nitrogen and oxygen atoms in total. The number of amides is 1. The fraction of sp³-hybridized carbons (Fsp3) is 0.250. The average Bonchev–Trinajstić information content (AvgIpc) is 2.30. The van der Waals surface area contributed by atoms with Crippen LogP contribution in [0.1, 0.15) is 29.0 Å². The Hall–Kier alpha value is -1.38. The summed E-state index contributed by atoms with van der Waals surface area (Å²) in [6.07, 6.45) is 1.70. The maximum Gasteiger partial charge on any atom is 0.253 e. The standard InChI is InChI=1S/C8H8N2O/c1-5-7-6(8(11)10-5)3-2-4-9-7/h2-5H,1H3,(H,10,11). The molecule has 1 aliphatic heterocycles. The Kier molecular flexibility index (Phi) is 1.18. The van der Waals surface area contributed by atoms with Crippen LogP contribution in [0.5, 0.6) is 0 Å². The molecule has 2 rings (SSSR count). The minimum atomic E-state index is -0.0133. The number of rotatable bonds is 0. The molecule has 1 N–H and O–H groups in total. The van der Waals surface area contributed by atoms with Crippen molar-refractivity contribution in [3.8, 4) is 0 Å². The smallest absolute Gasteiger partial charge is 0.253 e. The summed E-state index contributed by atoms with van der Waals surface area (Å²) < 4.78 is 0. The molecule has 0 bridgehead atoms. The van der Waals surface area contributed by atoms with E-state index >= 15 is 0 Å². The van der Waals surface area contributed by atoms with Gasteiger partial charge in [-0.1, -0.05) is 0 Å². The van der Waals surface area contributed by atoms with Gasteiger partial charge in [0.25, 0.3) is 5.91 Å². The van der Waals surface area contributed by atoms with Gasteiger partial charge in [0.2, 0.25) is 0 Å². The molecule has 1 aromatic rings. The summed E-state index contributed by atoms with van der Waals surface area (Å²) in [4.78, 5) is 15.2. The third-order valence-electron chi connectivity index (χ3n) is 1.84. The molecule has 3 heteroatoms. The second kappa shape index (κ2) is 2.05. The van der Waals surface area contributed by atoms with Gasteiger partial charge in [-0.05, 0) is 19.1 Å². The van der Waals surface area contributed by atoms with Crippen LogP contribution in [0, 0.1) is 0 Å². The van der Waals surface area contributed by atoms with E-state index in [1.165, 1.54) is 0 Å². The van der Waals surface area contributed by atoms with Crippen molar-refractivity contribution >= 4 is 5.91 Å². The highest BCUT2D eigenvalue weighted by atomic mass is 16.2. The van der Waals surface area contributed by atoms with Crippen LogP contribution in [0.2, 0.25) is 0 Å². The lowest BCUT2D eigenvalue weighted by molar-refractivity contribution is 0.0958. The molecule has 1 atom stereocenters. The van der Waals surface area contributed by atoms with Crippen molar-refractivity contribution in [2.45, 2.75) is 13.0 Å². The summed E-state index contributed by atoms with van der Waals surface area (Å²) in [6, 6.07) is 3.64. The molecule has 0 aromatic carbocycles. The van der Waals surface area contributed by atoms with E-state index < -0.39 is 0 Å². The minimum Gasteiger partial charge on any atom is -0.344 e. The lowest BCUT2D eigenvalue weighted by Gasteiger charge is -1.99. The molecule has 1 amide bonds. The monoisotopic (exact) mass is 148 g/mol. The van der Waals surface area contributed by atoms with E-state index in [0.717, 1.165) is 5.69 Å². The van der Waals surface area contributed by atoms with Crippen LogP contribution < -0.4 is 5.32 Å². The van der Waals surface area contributed by atoms with E-state index in [1.807, 2.05) is 6.92 Å². The number of nitrogens with one attached hydrogen (secondary N) is 1. The molecule has 0 saturated carbocycles. The second-order valence-corrected chi connectivity index (χ2v) is 2.63. The van der Waals surface area contributed by atoms with Crippen molar-refractivity contribution in [1.29, 1.82) is 0 Å². The molecule has 56 valence electrons. The molecule has 0 aliphatic carbocycles. The zero-order chi connectivity index (χ0) is 7.84. The summed E-state index contributed by atoms with van der Waals surface area (Å²) in [5, 5.41) is 2.78. The Morgan fingerprint density at radius 2 is 2.45 bits per heavy atom. The van der Waals surface area contributed by atoms with E-state index in [9.17, 15) is 4.79 Å². The van der Waals surface area contributed by atoms with Gasteiger partial charge in [0.15, 0.2) is 0 Å². The van der Waals surface area contributed by atoms with Gasteiger partial charge in [-0.15, -0.1) is 0 Å². The molecule has 11 heavy (non-hydrogen) atoms. The van der Waals surface area contributed by atoms with Gasteiger partial charge >= 0.3 is 0 Å². The van der Waals surface area contributed by atoms with Gasteiger partial charge in [-0.2, -0.15) is 0 Å². The first-order chi connectivity index (χ1) is 5.29. The molecular formula is C8H8N2O. The highest BCUT2D eigenvalue weighted by molar-refractivity contribution is 5.98. The summed E-state index contributed by atoms with van der Waals surface area (Å²) in [6.45, 7) is 1.93. The van der Waals surface area contributed by atoms with Crippen LogP contribution in [0.3, 0.4) is 0 Å². The van der Waals surface area contributed by atoms with Crippen LogP contribution in [-0.4, -0.2) is 10.9 Å². The molecule has 0 fully saturated rings. The molecule has 1 unspecified atom stereocenters. The van der Waals surface area contributed by atoms with Crippen LogP contribution in [0.25, 0.3) is 0 Å². The van der Waals surface area contributed by atoms with Gasteiger partial charge in [-0.25, -0.2) is 0 Å². The molecule has 0 saturated heterocycles. The fourth-order valence-electron chi connectivity index (χ4n) is 1.30. The first-order valence-corrected chi connectivity index (χ1v) is 3.55. The predicted octanol–water partition coefficient (Wildman–Crippen LogP) is 0.886. The van der Waals surface area contributed by atoms with Gasteiger partial charge in [0.1, 0.15) is 0 Å². The van der Waals surface area contributed by atoms with Crippen molar-refractivity contribution in [3.63, 3.8) is 0 Å². The van der Waals surface area contributed by atoms with Crippen molar-refractivity contribution in [1.82, 2.24) is 10.3 Å². The number of nitrogens with zero attached hydrogens (tertiary/aromatic N) is 1. The quantitative estimate of drug-likeness (QED) is 0.593. The SMILES string of the molecule is CC1NC(=O)c2cccnc21. The summed E-state index contributed by atoms with van der Waals surface area (Å²) in [5.41, 5.74) is 1.57. The Labute approximate surface area is 64.5 Å². The molecule has 2 heterocycles. The van der Waals surface area contributed by atoms with Crippen LogP contribution >= 0.6 is 0 Å². The van der Waals surface area contributed by atoms with Gasteiger partial charge in [-0.3, -0.25) is 9.78 Å². The number of aromatic nitrogens is 1. The van der Waals surface area contributed by atoms with Crippen LogP contribution in [0.15, 0.2) is 18.3 Å². The van der Waals surface area contributed by atoms with Crippen molar-refractivity contribution < 1.29 is 4.79 Å². The lowest BCUT2D eigenvalue weighted by Crippen LogP contribution is -2.16. The van der Waals surface area contributed by atoms with E-state index in [1.54, 1.807) is 18.3 Å². The highest BCUT2D eigenvalue weighted by Crippen LogP contribution is 2.20. The van der Waals surface area contributed by atoms with E-state index in [0.29, 0.717) is 5.56 Å². The maximum atomic E-state index is 11.1. The molecular weight excluding hydrogens is 140 g/mol. The van der Waals surface area contributed by atoms with Crippen LogP contribution in [-0.2, 0) is 0 Å². The van der Waals surface area contributed by atoms with Gasteiger partial charge in [0, 0.05) is 6.20 Å². The first kappa shape index (κ1) is 6.34. The number of carbonyl (C=O) groups is 1. The number of fused-ring (bicyclic) bond motifs is 1. The van der Waals surface area contributed by atoms with Crippen molar-refractivity contribution in [2.24, 2.45) is 0 Å². The average molecular weight is 148 g/mol. The Morgan fingerprint density at radius 1 is 1.64 bits per heavy atom. The summed E-state index contributed by atoms with van der Waals surface area (Å²) in [5.74, 6) is -0.0133. The second-order valence-electron chi connectivity index (χ2n) is 2.63. The highest BCUT2D eigenvalue weighted by Gasteiger charge is 2.25. The van der Waals surface area contributed by atoms with E-state index in [-0.39, 0.29) is 11.9 Å². The largest absolute Gasteiger partial charge is 0.344 e. The number of hydrogen-bond donors (Lipinski definition) is 1. The molecule has 0 radical (unpaired) electrons. The van der Waals surface area contributed by atoms with Crippen LogP contribution in [0.4, 0.5) is 0 Å². The van der Waals surface area contributed by atoms with Crippen molar-refractivity contribution in [2.75, 3.05) is 0 Å². The number of hydrogen-bond acceptors (Lipinski definition) is 2. The zero-order valence-corrected chi connectivity index (χ0v) is 6.16. The first-order valence-electron chi connectivity index (χ1n) is 3.55. The predicted molar refractivity (Wildman–Crippen MR) is 40.1 cm³/mol. The Morgan fingerprint density at radius 3 is 3.18 bits per heavy atom. The maximum absolute atomic E-state index is 11.1. The van der Waals surface area contributed by atoms with Crippen molar-refractivity contribution in [3.05, 3.63) is 29.6 Å². The number of pyridine rings is 1. The third-order valence-corrected chi connectivity index (χ3v) is 1.84. The normalized spacial score (nSPS) is 21.2. The fourth-order valence-corrected chi connectivity index (χ4v) is 1.30. The molecule has 0 spiro atoms. The lowest BCUT2D eigenvalue weighted by atomic mass is 10.2. The summed E-state index contributed by atoms with van der Waals surface area (Å²) >= 11 is 0. The topological polar surface area (TPSA) is 42.0 Å². The zero-order valence-electron chi connectivity index (χ0n) is 6.16. The van der Waals surface area contributed by atoms with E-state index in [2.05, 4.69) is 10.3 Å². The Bertz CT molecular complexity index is 309. The van der Waals surface area contributed by atoms with Gasteiger partial charge < -0.3 is 5.32 Å². The molecule has 1 aromatic heterocycles. The van der Waals surface area contributed by atoms with E-state index in [4.69, 9.17) is 0 Å². The van der Waals surface area contributed by atoms with Gasteiger partial charge in [0.05, 0.1) is 17.3 Å². The molecule has 1 aliphatic rings. The Balaban J connectivity index is 2.60. The summed E-state index contributed by atoms with van der Waals surface area (Å²) in [7, 11) is 0. The minimum absolute atomic E-state index is 0.0133. The number of carbonyl (C=O) groups excluding carboxylic acids is 1. The third kappa shape index (κ3) is 0.808.